The van der Waals surface area contributed by atoms with E-state index in [9.17, 15) is 0 Å². The number of halogens is 2. The highest BCUT2D eigenvalue weighted by Gasteiger charge is 2.21. The maximum Gasteiger partial charge on any atom is 0.140 e. The van der Waals surface area contributed by atoms with E-state index >= 15 is 0 Å². The van der Waals surface area contributed by atoms with Crippen LogP contribution in [0.4, 0.5) is 0 Å². The molecule has 1 aromatic carbocycles. The molecule has 3 N–H and O–H groups in total. The monoisotopic (exact) mass is 358 g/mol. The molecule has 0 fully saturated rings. The Bertz CT molecular complexity index is 525. The fourth-order valence-electron chi connectivity index (χ4n) is 1.71. The van der Waals surface area contributed by atoms with Crippen LogP contribution in [0.1, 0.15) is 22.9 Å². The molecule has 90 valence electrons. The summed E-state index contributed by atoms with van der Waals surface area (Å²) in [6, 6.07) is 7.71. The number of nitrogens with one attached hydrogen (secondary N) is 1. The largest absolute Gasteiger partial charge is 0.466 e. The zero-order chi connectivity index (χ0) is 12.4. The molecule has 0 aliphatic heterocycles. The number of hydrazine groups is 1. The summed E-state index contributed by atoms with van der Waals surface area (Å²) >= 11 is 7.02. The van der Waals surface area contributed by atoms with Gasteiger partial charge in [0.05, 0.1) is 10.7 Å². The molecule has 0 saturated heterocycles. The third kappa shape index (κ3) is 2.47. The van der Waals surface area contributed by atoms with Gasteiger partial charge in [-0.25, -0.2) is 5.43 Å². The van der Waals surface area contributed by atoms with Gasteiger partial charge in [-0.2, -0.15) is 0 Å². The molecule has 3 nitrogen and oxygen atoms in total. The van der Waals surface area contributed by atoms with Gasteiger partial charge in [-0.3, -0.25) is 5.84 Å². The van der Waals surface area contributed by atoms with Crippen molar-refractivity contribution in [1.82, 2.24) is 5.43 Å². The van der Waals surface area contributed by atoms with Crippen molar-refractivity contribution in [2.45, 2.75) is 13.0 Å². The smallest absolute Gasteiger partial charge is 0.140 e. The molecule has 17 heavy (non-hydrogen) atoms. The quantitative estimate of drug-likeness (QED) is 0.649. The molecule has 2 rings (SSSR count). The highest BCUT2D eigenvalue weighted by Crippen LogP contribution is 2.34. The summed E-state index contributed by atoms with van der Waals surface area (Å²) in [5.41, 5.74) is 4.98. The number of hydrogen-bond acceptors (Lipinski definition) is 3. The molecule has 0 radical (unpaired) electrons. The van der Waals surface area contributed by atoms with Crippen molar-refractivity contribution in [2.24, 2.45) is 5.84 Å². The van der Waals surface area contributed by atoms with Gasteiger partial charge in [0.1, 0.15) is 11.8 Å². The summed E-state index contributed by atoms with van der Waals surface area (Å²) < 4.78 is 7.39. The van der Waals surface area contributed by atoms with Crippen molar-refractivity contribution in [2.75, 3.05) is 0 Å². The van der Waals surface area contributed by atoms with Crippen molar-refractivity contribution < 1.29 is 4.42 Å². The molecule has 5 heteroatoms. The molecule has 1 heterocycles. The number of rotatable bonds is 3. The van der Waals surface area contributed by atoms with E-state index in [4.69, 9.17) is 10.3 Å². The first-order valence-corrected chi connectivity index (χ1v) is 6.67. The van der Waals surface area contributed by atoms with Crippen LogP contribution < -0.4 is 11.3 Å². The normalized spacial score (nSPS) is 12.7. The van der Waals surface area contributed by atoms with Crippen LogP contribution in [0.15, 0.2) is 43.9 Å². The van der Waals surface area contributed by atoms with E-state index in [2.05, 4.69) is 37.3 Å². The van der Waals surface area contributed by atoms with E-state index < -0.39 is 0 Å². The predicted octanol–water partition coefficient (Wildman–Crippen LogP) is 3.67. The van der Waals surface area contributed by atoms with E-state index in [1.54, 1.807) is 6.26 Å². The Labute approximate surface area is 117 Å². The molecule has 0 saturated carbocycles. The molecule has 1 atom stereocenters. The summed E-state index contributed by atoms with van der Waals surface area (Å²) in [6.07, 6.45) is 1.63. The molecule has 1 aromatic heterocycles. The van der Waals surface area contributed by atoms with E-state index in [1.807, 2.05) is 31.2 Å². The zero-order valence-corrected chi connectivity index (χ0v) is 12.4. The predicted molar refractivity (Wildman–Crippen MR) is 74.5 cm³/mol. The minimum Gasteiger partial charge on any atom is -0.466 e. The number of aryl methyl sites for hydroxylation is 1. The molecule has 2 aromatic rings. The van der Waals surface area contributed by atoms with Gasteiger partial charge in [0.25, 0.3) is 0 Å². The Hall–Kier alpha value is -0.620. The van der Waals surface area contributed by atoms with E-state index in [1.165, 1.54) is 0 Å². The van der Waals surface area contributed by atoms with E-state index in [0.717, 1.165) is 25.8 Å². The van der Waals surface area contributed by atoms with Gasteiger partial charge in [0, 0.05) is 4.47 Å². The SMILES string of the molecule is Cc1cccc(C(NN)c2occc2Br)c1Br. The van der Waals surface area contributed by atoms with E-state index in [0.29, 0.717) is 0 Å². The molecule has 0 aliphatic carbocycles. The molecule has 1 unspecified atom stereocenters. The third-order valence-electron chi connectivity index (χ3n) is 2.61. The highest BCUT2D eigenvalue weighted by atomic mass is 79.9. The minimum absolute atomic E-state index is 0.186. The molecular weight excluding hydrogens is 348 g/mol. The molecular formula is C12H12Br2N2O. The fraction of sp³-hybridized carbons (Fsp3) is 0.167. The van der Waals surface area contributed by atoms with Gasteiger partial charge in [-0.1, -0.05) is 34.1 Å². The van der Waals surface area contributed by atoms with E-state index in [-0.39, 0.29) is 6.04 Å². The van der Waals surface area contributed by atoms with Gasteiger partial charge < -0.3 is 4.42 Å². The van der Waals surface area contributed by atoms with Crippen LogP contribution in [0, 0.1) is 6.92 Å². The Morgan fingerprint density at radius 2 is 2.06 bits per heavy atom. The van der Waals surface area contributed by atoms with Crippen LogP contribution in [0.25, 0.3) is 0 Å². The van der Waals surface area contributed by atoms with Crippen LogP contribution in [-0.4, -0.2) is 0 Å². The van der Waals surface area contributed by atoms with Crippen LogP contribution in [0.2, 0.25) is 0 Å². The first-order chi connectivity index (χ1) is 8.15. The minimum atomic E-state index is -0.186. The second-order valence-corrected chi connectivity index (χ2v) is 5.36. The van der Waals surface area contributed by atoms with Crippen molar-refractivity contribution in [1.29, 1.82) is 0 Å². The second kappa shape index (κ2) is 5.35. The lowest BCUT2D eigenvalue weighted by molar-refractivity contribution is 0.449. The molecule has 0 spiro atoms. The number of nitrogens with two attached hydrogens (primary N) is 1. The number of benzene rings is 1. The summed E-state index contributed by atoms with van der Waals surface area (Å²) in [4.78, 5) is 0. The van der Waals surface area contributed by atoms with Crippen LogP contribution >= 0.6 is 31.9 Å². The lowest BCUT2D eigenvalue weighted by atomic mass is 10.0. The summed E-state index contributed by atoms with van der Waals surface area (Å²) in [7, 11) is 0. The summed E-state index contributed by atoms with van der Waals surface area (Å²) in [5, 5.41) is 0. The summed E-state index contributed by atoms with van der Waals surface area (Å²) in [6.45, 7) is 2.04. The standard InChI is InChI=1S/C12H12Br2N2O/c1-7-3-2-4-8(10(7)14)11(16-15)12-9(13)5-6-17-12/h2-6,11,16H,15H2,1H3. The Kier molecular flexibility index (Phi) is 4.04. The average molecular weight is 360 g/mol. The summed E-state index contributed by atoms with van der Waals surface area (Å²) in [5.74, 6) is 6.39. The first kappa shape index (κ1) is 12.8. The van der Waals surface area contributed by atoms with Crippen molar-refractivity contribution in [3.05, 3.63) is 56.4 Å². The van der Waals surface area contributed by atoms with Gasteiger partial charge in [0.2, 0.25) is 0 Å². The van der Waals surface area contributed by atoms with Crippen molar-refractivity contribution in [3.8, 4) is 0 Å². The van der Waals surface area contributed by atoms with Crippen molar-refractivity contribution in [3.63, 3.8) is 0 Å². The lowest BCUT2D eigenvalue weighted by Gasteiger charge is -2.17. The first-order valence-electron chi connectivity index (χ1n) is 5.09. The zero-order valence-electron chi connectivity index (χ0n) is 9.21. The third-order valence-corrected chi connectivity index (χ3v) is 4.34. The van der Waals surface area contributed by atoms with Gasteiger partial charge in [-0.05, 0) is 40.0 Å². The lowest BCUT2D eigenvalue weighted by Crippen LogP contribution is -2.29. The van der Waals surface area contributed by atoms with Crippen LogP contribution in [0.5, 0.6) is 0 Å². The van der Waals surface area contributed by atoms with Gasteiger partial charge in [-0.15, -0.1) is 0 Å². The maximum atomic E-state index is 5.63. The van der Waals surface area contributed by atoms with Gasteiger partial charge in [0.15, 0.2) is 0 Å². The Morgan fingerprint density at radius 1 is 1.29 bits per heavy atom. The molecule has 0 bridgehead atoms. The fourth-order valence-corrected chi connectivity index (χ4v) is 2.63. The number of hydrogen-bond donors (Lipinski definition) is 2. The van der Waals surface area contributed by atoms with Crippen molar-refractivity contribution >= 4 is 31.9 Å². The Balaban J connectivity index is 2.50. The van der Waals surface area contributed by atoms with Crippen LogP contribution in [0.3, 0.4) is 0 Å². The Morgan fingerprint density at radius 3 is 2.65 bits per heavy atom. The van der Waals surface area contributed by atoms with Gasteiger partial charge >= 0.3 is 0 Å². The average Bonchev–Trinajstić information content (AvgIpc) is 2.72. The molecule has 0 amide bonds. The topological polar surface area (TPSA) is 51.2 Å². The number of furan rings is 1. The van der Waals surface area contributed by atoms with Crippen LogP contribution in [-0.2, 0) is 0 Å². The highest BCUT2D eigenvalue weighted by molar-refractivity contribution is 9.10. The maximum absolute atomic E-state index is 5.63. The second-order valence-electron chi connectivity index (χ2n) is 3.71. The molecule has 0 aliphatic rings.